The van der Waals surface area contributed by atoms with Crippen LogP contribution in [0.1, 0.15) is 64.7 Å². The summed E-state index contributed by atoms with van der Waals surface area (Å²) in [6, 6.07) is 0.233. The van der Waals surface area contributed by atoms with Crippen LogP contribution in [0.2, 0.25) is 0 Å². The van der Waals surface area contributed by atoms with E-state index in [4.69, 9.17) is 0 Å². The van der Waals surface area contributed by atoms with Crippen molar-refractivity contribution in [3.05, 3.63) is 18.0 Å². The van der Waals surface area contributed by atoms with Gasteiger partial charge in [0.15, 0.2) is 5.65 Å². The van der Waals surface area contributed by atoms with Gasteiger partial charge >= 0.3 is 0 Å². The highest BCUT2D eigenvalue weighted by atomic mass is 16.1. The van der Waals surface area contributed by atoms with Gasteiger partial charge in [-0.3, -0.25) is 4.79 Å². The number of hydrogen-bond donors (Lipinski definition) is 2. The molecule has 0 unspecified atom stereocenters. The Morgan fingerprint density at radius 3 is 2.42 bits per heavy atom. The van der Waals surface area contributed by atoms with Gasteiger partial charge in [-0.05, 0) is 25.7 Å². The quantitative estimate of drug-likeness (QED) is 0.708. The molecule has 0 saturated carbocycles. The third-order valence-electron chi connectivity index (χ3n) is 5.29. The molecular formula is C20H33N5O. The molecule has 0 fully saturated rings. The van der Waals surface area contributed by atoms with E-state index in [9.17, 15) is 4.79 Å². The van der Waals surface area contributed by atoms with Crippen molar-refractivity contribution in [2.45, 2.75) is 67.0 Å². The number of aromatic nitrogens is 3. The summed E-state index contributed by atoms with van der Waals surface area (Å²) in [4.78, 5) is 17.4. The number of anilines is 1. The molecular weight excluding hydrogens is 326 g/mol. The number of pyridine rings is 1. The van der Waals surface area contributed by atoms with Gasteiger partial charge in [0.05, 0.1) is 22.8 Å². The number of hydrogen-bond acceptors (Lipinski definition) is 4. The summed E-state index contributed by atoms with van der Waals surface area (Å²) in [5, 5.41) is 11.9. The Morgan fingerprint density at radius 1 is 1.15 bits per heavy atom. The fraction of sp³-hybridized carbons (Fsp3) is 0.650. The number of nitrogens with one attached hydrogen (secondary N) is 2. The zero-order valence-electron chi connectivity index (χ0n) is 17.0. The number of fused-ring (bicyclic) bond motifs is 1. The van der Waals surface area contributed by atoms with E-state index in [0.717, 1.165) is 36.1 Å². The van der Waals surface area contributed by atoms with E-state index < -0.39 is 0 Å². The molecule has 6 nitrogen and oxygen atoms in total. The van der Waals surface area contributed by atoms with E-state index in [1.165, 1.54) is 0 Å². The van der Waals surface area contributed by atoms with Crippen LogP contribution in [0.4, 0.5) is 5.69 Å². The Kier molecular flexibility index (Phi) is 7.00. The Labute approximate surface area is 156 Å². The van der Waals surface area contributed by atoms with E-state index in [-0.39, 0.29) is 11.9 Å². The van der Waals surface area contributed by atoms with Crippen LogP contribution in [0.15, 0.2) is 12.4 Å². The van der Waals surface area contributed by atoms with Crippen LogP contribution in [0.3, 0.4) is 0 Å². The van der Waals surface area contributed by atoms with Gasteiger partial charge in [-0.1, -0.05) is 40.5 Å². The molecule has 0 bridgehead atoms. The van der Waals surface area contributed by atoms with E-state index in [0.29, 0.717) is 23.9 Å². The van der Waals surface area contributed by atoms with Crippen LogP contribution >= 0.6 is 0 Å². The van der Waals surface area contributed by atoms with Crippen molar-refractivity contribution < 1.29 is 4.79 Å². The predicted molar refractivity (Wildman–Crippen MR) is 108 cm³/mol. The zero-order chi connectivity index (χ0) is 19.3. The predicted octanol–water partition coefficient (Wildman–Crippen LogP) is 4.07. The summed E-state index contributed by atoms with van der Waals surface area (Å²) in [5.74, 6) is 0.874. The van der Waals surface area contributed by atoms with E-state index in [1.807, 2.05) is 11.6 Å². The van der Waals surface area contributed by atoms with Gasteiger partial charge in [0.2, 0.25) is 0 Å². The second kappa shape index (κ2) is 9.01. The van der Waals surface area contributed by atoms with Gasteiger partial charge in [-0.2, -0.15) is 5.10 Å². The first kappa shape index (κ1) is 20.2. The first-order chi connectivity index (χ1) is 12.4. The maximum absolute atomic E-state index is 12.9. The highest BCUT2D eigenvalue weighted by molar-refractivity contribution is 6.06. The molecule has 0 saturated heterocycles. The molecule has 0 aromatic carbocycles. The molecule has 2 aromatic rings. The van der Waals surface area contributed by atoms with Crippen molar-refractivity contribution in [1.82, 2.24) is 20.1 Å². The molecule has 2 rings (SSSR count). The molecule has 0 aliphatic carbocycles. The smallest absolute Gasteiger partial charge is 0.254 e. The Balaban J connectivity index is 2.39. The molecule has 6 heteroatoms. The van der Waals surface area contributed by atoms with Crippen LogP contribution in [-0.2, 0) is 6.54 Å². The van der Waals surface area contributed by atoms with E-state index in [1.54, 1.807) is 12.4 Å². The van der Waals surface area contributed by atoms with Gasteiger partial charge in [0.1, 0.15) is 0 Å². The summed E-state index contributed by atoms with van der Waals surface area (Å²) >= 11 is 0. The Hall–Kier alpha value is -2.11. The SMILES string of the molecule is CCC(CC)CNC(=O)c1cnc2c(cnn2CC)c1N[C@@H](C)C(C)C. The molecule has 0 aliphatic heterocycles. The molecule has 2 heterocycles. The van der Waals surface area contributed by atoms with Crippen LogP contribution in [0, 0.1) is 11.8 Å². The minimum Gasteiger partial charge on any atom is -0.381 e. The molecule has 1 atom stereocenters. The minimum absolute atomic E-state index is 0.0750. The average Bonchev–Trinajstić information content (AvgIpc) is 3.06. The Morgan fingerprint density at radius 2 is 1.85 bits per heavy atom. The van der Waals surface area contributed by atoms with Gasteiger partial charge in [-0.15, -0.1) is 0 Å². The molecule has 144 valence electrons. The molecule has 1 amide bonds. The van der Waals surface area contributed by atoms with Crippen molar-refractivity contribution in [3.63, 3.8) is 0 Å². The average molecular weight is 360 g/mol. The number of carbonyl (C=O) groups is 1. The van der Waals surface area contributed by atoms with E-state index >= 15 is 0 Å². The highest BCUT2D eigenvalue weighted by Gasteiger charge is 2.20. The normalized spacial score (nSPS) is 12.8. The number of carbonyl (C=O) groups excluding carboxylic acids is 1. The standard InChI is InChI=1S/C20H33N5O/c1-7-15(8-2)10-22-20(26)17-11-21-19-16(12-23-25(19)9-3)18(17)24-14(6)13(4)5/h11-15H,7-10H2,1-6H3,(H,21,24)(H,22,26)/t14-/m0/s1. The minimum atomic E-state index is -0.0750. The topological polar surface area (TPSA) is 71.8 Å². The molecule has 0 radical (unpaired) electrons. The van der Waals surface area contributed by atoms with Crippen LogP contribution < -0.4 is 10.6 Å². The monoisotopic (exact) mass is 359 g/mol. The van der Waals surface area contributed by atoms with E-state index in [2.05, 4.69) is 55.3 Å². The lowest BCUT2D eigenvalue weighted by Crippen LogP contribution is -2.31. The lowest BCUT2D eigenvalue weighted by atomic mass is 10.0. The first-order valence-electron chi connectivity index (χ1n) is 9.81. The molecule has 2 aromatic heterocycles. The summed E-state index contributed by atoms with van der Waals surface area (Å²) in [5.41, 5.74) is 2.23. The summed E-state index contributed by atoms with van der Waals surface area (Å²) < 4.78 is 1.85. The number of nitrogens with zero attached hydrogens (tertiary/aromatic N) is 3. The zero-order valence-corrected chi connectivity index (χ0v) is 17.0. The van der Waals surface area contributed by atoms with Gasteiger partial charge < -0.3 is 10.6 Å². The van der Waals surface area contributed by atoms with Gasteiger partial charge in [0.25, 0.3) is 5.91 Å². The fourth-order valence-corrected chi connectivity index (χ4v) is 2.89. The summed E-state index contributed by atoms with van der Waals surface area (Å²) in [7, 11) is 0. The largest absolute Gasteiger partial charge is 0.381 e. The summed E-state index contributed by atoms with van der Waals surface area (Å²) in [6.07, 6.45) is 5.60. The van der Waals surface area contributed by atoms with Crippen LogP contribution in [-0.4, -0.2) is 33.3 Å². The van der Waals surface area contributed by atoms with Crippen molar-refractivity contribution >= 4 is 22.6 Å². The lowest BCUT2D eigenvalue weighted by Gasteiger charge is -2.22. The molecule has 0 aliphatic rings. The second-order valence-corrected chi connectivity index (χ2v) is 7.31. The maximum atomic E-state index is 12.9. The Bertz CT molecular complexity index is 733. The third-order valence-corrected chi connectivity index (χ3v) is 5.29. The van der Waals surface area contributed by atoms with Gasteiger partial charge in [0, 0.05) is 25.3 Å². The molecule has 0 spiro atoms. The number of aryl methyl sites for hydroxylation is 1. The first-order valence-corrected chi connectivity index (χ1v) is 9.81. The molecule has 26 heavy (non-hydrogen) atoms. The lowest BCUT2D eigenvalue weighted by molar-refractivity contribution is 0.0947. The molecule has 2 N–H and O–H groups in total. The highest BCUT2D eigenvalue weighted by Crippen LogP contribution is 2.27. The maximum Gasteiger partial charge on any atom is 0.254 e. The van der Waals surface area contributed by atoms with Crippen molar-refractivity contribution in [2.75, 3.05) is 11.9 Å². The second-order valence-electron chi connectivity index (χ2n) is 7.31. The van der Waals surface area contributed by atoms with Crippen LogP contribution in [0.25, 0.3) is 11.0 Å². The van der Waals surface area contributed by atoms with Crippen molar-refractivity contribution in [3.8, 4) is 0 Å². The number of rotatable bonds is 9. The number of amides is 1. The fourth-order valence-electron chi connectivity index (χ4n) is 2.89. The van der Waals surface area contributed by atoms with Crippen LogP contribution in [0.5, 0.6) is 0 Å². The summed E-state index contributed by atoms with van der Waals surface area (Å²) in [6.45, 7) is 14.2. The van der Waals surface area contributed by atoms with Crippen molar-refractivity contribution in [2.24, 2.45) is 11.8 Å². The third kappa shape index (κ3) is 4.34. The van der Waals surface area contributed by atoms with Crippen molar-refractivity contribution in [1.29, 1.82) is 0 Å². The van der Waals surface area contributed by atoms with Gasteiger partial charge in [-0.25, -0.2) is 9.67 Å².